The van der Waals surface area contributed by atoms with Crippen molar-refractivity contribution >= 4 is 17.8 Å². The number of carbonyl (C=O) groups is 1. The number of allylic oxidation sites excluding steroid dienone is 4. The lowest BCUT2D eigenvalue weighted by Crippen LogP contribution is -2.23. The number of hydrogen-bond acceptors (Lipinski definition) is 3. The van der Waals surface area contributed by atoms with Crippen molar-refractivity contribution in [1.29, 1.82) is 0 Å². The lowest BCUT2D eigenvalue weighted by Gasteiger charge is -2.12. The molecule has 1 aromatic heterocycles. The highest BCUT2D eigenvalue weighted by atomic mass is 16.3. The molecule has 1 heterocycles. The Morgan fingerprint density at radius 2 is 2.13 bits per heavy atom. The molecule has 4 nitrogen and oxygen atoms in total. The van der Waals surface area contributed by atoms with Gasteiger partial charge in [0.15, 0.2) is 0 Å². The van der Waals surface area contributed by atoms with E-state index < -0.39 is 0 Å². The van der Waals surface area contributed by atoms with Gasteiger partial charge in [-0.2, -0.15) is 0 Å². The zero-order chi connectivity index (χ0) is 16.1. The Morgan fingerprint density at radius 1 is 1.26 bits per heavy atom. The molecular formula is C19H18N2O2. The van der Waals surface area contributed by atoms with Gasteiger partial charge in [-0.3, -0.25) is 9.79 Å². The van der Waals surface area contributed by atoms with Gasteiger partial charge in [0.25, 0.3) is 5.91 Å². The summed E-state index contributed by atoms with van der Waals surface area (Å²) in [5, 5.41) is 2.95. The quantitative estimate of drug-likeness (QED) is 0.856. The lowest BCUT2D eigenvalue weighted by molar-refractivity contribution is 0.0965. The van der Waals surface area contributed by atoms with Gasteiger partial charge in [-0.15, -0.1) is 0 Å². The molecule has 1 aliphatic rings. The zero-order valence-electron chi connectivity index (χ0n) is 13.0. The molecule has 116 valence electrons. The van der Waals surface area contributed by atoms with Crippen molar-refractivity contribution in [3.8, 4) is 0 Å². The first-order valence-corrected chi connectivity index (χ1v) is 7.59. The van der Waals surface area contributed by atoms with Crippen molar-refractivity contribution in [2.24, 2.45) is 4.99 Å². The summed E-state index contributed by atoms with van der Waals surface area (Å²) in [7, 11) is 0. The molecule has 0 atom stereocenters. The molecule has 0 bridgehead atoms. The minimum atomic E-state index is -0.144. The van der Waals surface area contributed by atoms with Crippen LogP contribution in [0, 0.1) is 6.92 Å². The number of hydrogen-bond donors (Lipinski definition) is 1. The van der Waals surface area contributed by atoms with E-state index in [0.29, 0.717) is 17.0 Å². The Morgan fingerprint density at radius 3 is 2.87 bits per heavy atom. The molecule has 0 fully saturated rings. The van der Waals surface area contributed by atoms with Crippen LogP contribution < -0.4 is 5.32 Å². The van der Waals surface area contributed by atoms with Gasteiger partial charge in [0.2, 0.25) is 0 Å². The van der Waals surface area contributed by atoms with Crippen molar-refractivity contribution in [2.75, 3.05) is 0 Å². The van der Waals surface area contributed by atoms with Crippen LogP contribution in [-0.4, -0.2) is 12.1 Å². The Labute approximate surface area is 135 Å². The normalized spacial score (nSPS) is 14.0. The summed E-state index contributed by atoms with van der Waals surface area (Å²) in [5.41, 5.74) is 2.09. The molecule has 4 heteroatoms. The summed E-state index contributed by atoms with van der Waals surface area (Å²) in [6, 6.07) is 11.0. The van der Waals surface area contributed by atoms with E-state index in [2.05, 4.69) is 16.4 Å². The Hall–Kier alpha value is -2.88. The summed E-state index contributed by atoms with van der Waals surface area (Å²) in [6.07, 6.45) is 9.39. The minimum absolute atomic E-state index is 0.144. The van der Waals surface area contributed by atoms with Crippen molar-refractivity contribution in [2.45, 2.75) is 19.8 Å². The average Bonchev–Trinajstić information content (AvgIpc) is 2.99. The average molecular weight is 306 g/mol. The summed E-state index contributed by atoms with van der Waals surface area (Å²) >= 11 is 0. The topological polar surface area (TPSA) is 54.6 Å². The number of aryl methyl sites for hydroxylation is 1. The van der Waals surface area contributed by atoms with Crippen LogP contribution in [0.15, 0.2) is 69.7 Å². The summed E-state index contributed by atoms with van der Waals surface area (Å²) in [5.74, 6) is 1.35. The van der Waals surface area contributed by atoms with E-state index in [0.717, 1.165) is 24.3 Å². The number of para-hydroxylation sites is 1. The predicted octanol–water partition coefficient (Wildman–Crippen LogP) is 4.30. The van der Waals surface area contributed by atoms with E-state index in [9.17, 15) is 4.79 Å². The lowest BCUT2D eigenvalue weighted by atomic mass is 10.1. The van der Waals surface area contributed by atoms with E-state index in [1.807, 2.05) is 49.4 Å². The van der Waals surface area contributed by atoms with E-state index in [1.165, 1.54) is 0 Å². The van der Waals surface area contributed by atoms with Crippen LogP contribution in [0.3, 0.4) is 0 Å². The summed E-state index contributed by atoms with van der Waals surface area (Å²) in [6.45, 7) is 1.88. The summed E-state index contributed by atoms with van der Waals surface area (Å²) < 4.78 is 5.46. The SMILES string of the molecule is Cc1ccc(/C=N/c2ccccc2C(=O)NC2=CC=CCC2)o1. The second kappa shape index (κ2) is 6.92. The molecule has 0 saturated carbocycles. The molecule has 2 aromatic rings. The van der Waals surface area contributed by atoms with Crippen LogP contribution in [0.25, 0.3) is 0 Å². The highest BCUT2D eigenvalue weighted by Crippen LogP contribution is 2.20. The molecule has 3 rings (SSSR count). The second-order valence-corrected chi connectivity index (χ2v) is 5.34. The first kappa shape index (κ1) is 15.0. The predicted molar refractivity (Wildman–Crippen MR) is 91.1 cm³/mol. The van der Waals surface area contributed by atoms with Crippen LogP contribution in [0.5, 0.6) is 0 Å². The maximum Gasteiger partial charge on any atom is 0.257 e. The standard InChI is InChI=1S/C19H18N2O2/c1-14-11-12-16(23-14)13-20-18-10-6-5-9-17(18)19(22)21-15-7-3-2-4-8-15/h2-3,5-7,9-13H,4,8H2,1H3,(H,21,22)/b20-13+. The number of benzene rings is 1. The van der Waals surface area contributed by atoms with Crippen LogP contribution in [0.4, 0.5) is 5.69 Å². The van der Waals surface area contributed by atoms with Crippen molar-refractivity contribution in [3.63, 3.8) is 0 Å². The molecule has 0 saturated heterocycles. The maximum atomic E-state index is 12.5. The smallest absolute Gasteiger partial charge is 0.257 e. The number of aliphatic imine (C=N–C) groups is 1. The fourth-order valence-corrected chi connectivity index (χ4v) is 2.35. The molecule has 23 heavy (non-hydrogen) atoms. The van der Waals surface area contributed by atoms with Gasteiger partial charge in [-0.25, -0.2) is 0 Å². The van der Waals surface area contributed by atoms with E-state index in [1.54, 1.807) is 12.3 Å². The largest absolute Gasteiger partial charge is 0.460 e. The zero-order valence-corrected chi connectivity index (χ0v) is 13.0. The van der Waals surface area contributed by atoms with Crippen LogP contribution >= 0.6 is 0 Å². The number of furan rings is 1. The third-order valence-electron chi connectivity index (χ3n) is 3.53. The third kappa shape index (κ3) is 3.86. The fraction of sp³-hybridized carbons (Fsp3) is 0.158. The van der Waals surface area contributed by atoms with Crippen LogP contribution in [0.1, 0.15) is 34.7 Å². The number of carbonyl (C=O) groups excluding carboxylic acids is 1. The van der Waals surface area contributed by atoms with E-state index >= 15 is 0 Å². The van der Waals surface area contributed by atoms with Gasteiger partial charge in [-0.05, 0) is 50.1 Å². The Bertz CT molecular complexity index is 797. The molecule has 1 amide bonds. The molecule has 1 aliphatic carbocycles. The first-order chi connectivity index (χ1) is 11.2. The van der Waals surface area contributed by atoms with Gasteiger partial charge in [-0.1, -0.05) is 24.3 Å². The first-order valence-electron chi connectivity index (χ1n) is 7.59. The van der Waals surface area contributed by atoms with Gasteiger partial charge in [0.05, 0.1) is 17.5 Å². The van der Waals surface area contributed by atoms with Gasteiger partial charge < -0.3 is 9.73 Å². The van der Waals surface area contributed by atoms with Crippen molar-refractivity contribution < 1.29 is 9.21 Å². The maximum absolute atomic E-state index is 12.5. The fourth-order valence-electron chi connectivity index (χ4n) is 2.35. The molecule has 0 radical (unpaired) electrons. The monoisotopic (exact) mass is 306 g/mol. The molecule has 0 aliphatic heterocycles. The Balaban J connectivity index is 1.79. The van der Waals surface area contributed by atoms with Gasteiger partial charge in [0, 0.05) is 5.70 Å². The number of amides is 1. The third-order valence-corrected chi connectivity index (χ3v) is 3.53. The van der Waals surface area contributed by atoms with Crippen molar-refractivity contribution in [3.05, 3.63) is 77.4 Å². The molecular weight excluding hydrogens is 288 g/mol. The van der Waals surface area contributed by atoms with Crippen LogP contribution in [0.2, 0.25) is 0 Å². The van der Waals surface area contributed by atoms with E-state index in [4.69, 9.17) is 4.42 Å². The van der Waals surface area contributed by atoms with Gasteiger partial charge >= 0.3 is 0 Å². The number of nitrogens with zero attached hydrogens (tertiary/aromatic N) is 1. The van der Waals surface area contributed by atoms with Gasteiger partial charge in [0.1, 0.15) is 11.5 Å². The number of rotatable bonds is 4. The minimum Gasteiger partial charge on any atom is -0.460 e. The molecule has 0 spiro atoms. The Kier molecular flexibility index (Phi) is 4.52. The highest BCUT2D eigenvalue weighted by molar-refractivity contribution is 6.00. The highest BCUT2D eigenvalue weighted by Gasteiger charge is 2.12. The summed E-state index contributed by atoms with van der Waals surface area (Å²) in [4.78, 5) is 16.9. The second-order valence-electron chi connectivity index (χ2n) is 5.34. The van der Waals surface area contributed by atoms with E-state index in [-0.39, 0.29) is 5.91 Å². The van der Waals surface area contributed by atoms with Crippen molar-refractivity contribution in [1.82, 2.24) is 5.32 Å². The molecule has 1 N–H and O–H groups in total. The molecule has 0 unspecified atom stereocenters. The van der Waals surface area contributed by atoms with Crippen LogP contribution in [-0.2, 0) is 0 Å². The number of nitrogens with one attached hydrogen (secondary N) is 1. The molecule has 1 aromatic carbocycles.